The molecular formula is C25H30FN5O4. The molecule has 1 aromatic heterocycles. The van der Waals surface area contributed by atoms with Gasteiger partial charge in [-0.05, 0) is 49.6 Å². The number of nitrogens with zero attached hydrogens (tertiary/aromatic N) is 3. The van der Waals surface area contributed by atoms with Crippen LogP contribution < -0.4 is 5.32 Å². The zero-order valence-electron chi connectivity index (χ0n) is 19.9. The van der Waals surface area contributed by atoms with Gasteiger partial charge < -0.3 is 15.0 Å². The van der Waals surface area contributed by atoms with Crippen LogP contribution in [0.15, 0.2) is 48.5 Å². The molecule has 0 atom stereocenters. The van der Waals surface area contributed by atoms with Gasteiger partial charge in [0, 0.05) is 50.1 Å². The number of carbonyl (C=O) groups is 1. The molecule has 0 aliphatic carbocycles. The summed E-state index contributed by atoms with van der Waals surface area (Å²) in [7, 11) is 3.25. The number of ether oxygens (including phenoxy) is 1. The molecule has 0 bridgehead atoms. The van der Waals surface area contributed by atoms with Crippen LogP contribution in [0.2, 0.25) is 0 Å². The van der Waals surface area contributed by atoms with Crippen molar-refractivity contribution in [2.45, 2.75) is 25.7 Å². The highest BCUT2D eigenvalue weighted by Crippen LogP contribution is 2.26. The minimum absolute atomic E-state index is 0.141. The van der Waals surface area contributed by atoms with Crippen molar-refractivity contribution < 1.29 is 18.8 Å². The molecule has 1 heterocycles. The second-order valence-electron chi connectivity index (χ2n) is 8.23. The van der Waals surface area contributed by atoms with Gasteiger partial charge in [0.05, 0.1) is 17.2 Å². The number of aryl methyl sites for hydroxylation is 1. The van der Waals surface area contributed by atoms with E-state index in [1.807, 2.05) is 12.1 Å². The molecule has 186 valence electrons. The molecule has 3 aromatic rings. The molecule has 0 unspecified atom stereocenters. The molecule has 3 rings (SSSR count). The van der Waals surface area contributed by atoms with Gasteiger partial charge in [-0.3, -0.25) is 20.0 Å². The number of rotatable bonds is 13. The minimum Gasteiger partial charge on any atom is -0.383 e. The lowest BCUT2D eigenvalue weighted by molar-refractivity contribution is -0.384. The van der Waals surface area contributed by atoms with E-state index in [9.17, 15) is 19.3 Å². The van der Waals surface area contributed by atoms with Crippen LogP contribution in [0.25, 0.3) is 11.3 Å². The van der Waals surface area contributed by atoms with Crippen molar-refractivity contribution in [2.24, 2.45) is 0 Å². The number of aromatic amines is 1. The van der Waals surface area contributed by atoms with Gasteiger partial charge in [-0.1, -0.05) is 18.6 Å². The van der Waals surface area contributed by atoms with E-state index in [-0.39, 0.29) is 23.0 Å². The summed E-state index contributed by atoms with van der Waals surface area (Å²) in [5, 5.41) is 21.6. The fraction of sp³-hybridized carbons (Fsp3) is 0.360. The molecule has 0 saturated carbocycles. The molecule has 9 nitrogen and oxygen atoms in total. The van der Waals surface area contributed by atoms with Gasteiger partial charge in [-0.25, -0.2) is 4.39 Å². The van der Waals surface area contributed by atoms with Crippen LogP contribution in [-0.4, -0.2) is 59.8 Å². The predicted octanol–water partition coefficient (Wildman–Crippen LogP) is 4.67. The SMILES string of the molecule is COCCNc1ccc(C(=O)N(C)CCCCCc2cc(-c3cccc(F)c3)n[nH]2)cc1[N+](=O)[O-]. The van der Waals surface area contributed by atoms with E-state index in [1.54, 1.807) is 37.3 Å². The first-order valence-corrected chi connectivity index (χ1v) is 11.5. The van der Waals surface area contributed by atoms with Crippen LogP contribution in [-0.2, 0) is 11.2 Å². The smallest absolute Gasteiger partial charge is 0.293 e. The number of carbonyl (C=O) groups excluding carboxylic acids is 1. The molecule has 2 aromatic carbocycles. The molecular weight excluding hydrogens is 453 g/mol. The average molecular weight is 484 g/mol. The van der Waals surface area contributed by atoms with Crippen molar-refractivity contribution in [3.8, 4) is 11.3 Å². The highest BCUT2D eigenvalue weighted by Gasteiger charge is 2.19. The van der Waals surface area contributed by atoms with Gasteiger partial charge in [0.25, 0.3) is 11.6 Å². The summed E-state index contributed by atoms with van der Waals surface area (Å²) < 4.78 is 18.4. The minimum atomic E-state index is -0.499. The van der Waals surface area contributed by atoms with Crippen molar-refractivity contribution in [3.63, 3.8) is 0 Å². The highest BCUT2D eigenvalue weighted by atomic mass is 19.1. The van der Waals surface area contributed by atoms with Crippen LogP contribution in [0, 0.1) is 15.9 Å². The van der Waals surface area contributed by atoms with Gasteiger partial charge in [-0.15, -0.1) is 0 Å². The predicted molar refractivity (Wildman–Crippen MR) is 132 cm³/mol. The van der Waals surface area contributed by atoms with Crippen molar-refractivity contribution in [3.05, 3.63) is 75.7 Å². The summed E-state index contributed by atoms with van der Waals surface area (Å²) >= 11 is 0. The molecule has 10 heteroatoms. The maximum Gasteiger partial charge on any atom is 0.293 e. The Kier molecular flexibility index (Phi) is 9.31. The number of aromatic nitrogens is 2. The zero-order chi connectivity index (χ0) is 25.2. The van der Waals surface area contributed by atoms with E-state index >= 15 is 0 Å². The van der Waals surface area contributed by atoms with Gasteiger partial charge >= 0.3 is 0 Å². The lowest BCUT2D eigenvalue weighted by atomic mass is 10.1. The first kappa shape index (κ1) is 25.8. The summed E-state index contributed by atoms with van der Waals surface area (Å²) in [4.78, 5) is 25.3. The van der Waals surface area contributed by atoms with E-state index in [0.29, 0.717) is 31.1 Å². The molecule has 0 aliphatic rings. The molecule has 35 heavy (non-hydrogen) atoms. The molecule has 2 N–H and O–H groups in total. The third-order valence-corrected chi connectivity index (χ3v) is 5.60. The van der Waals surface area contributed by atoms with Crippen LogP contribution >= 0.6 is 0 Å². The Morgan fingerprint density at radius 3 is 2.77 bits per heavy atom. The number of amides is 1. The van der Waals surface area contributed by atoms with E-state index in [0.717, 1.165) is 36.9 Å². The maximum absolute atomic E-state index is 13.4. The molecule has 0 fully saturated rings. The van der Waals surface area contributed by atoms with Crippen molar-refractivity contribution in [1.82, 2.24) is 15.1 Å². The van der Waals surface area contributed by atoms with Gasteiger partial charge in [0.1, 0.15) is 11.5 Å². The van der Waals surface area contributed by atoms with Gasteiger partial charge in [0.15, 0.2) is 0 Å². The summed E-state index contributed by atoms with van der Waals surface area (Å²) in [6.45, 7) is 1.38. The third kappa shape index (κ3) is 7.35. The quantitative estimate of drug-likeness (QED) is 0.208. The normalized spacial score (nSPS) is 10.8. The monoisotopic (exact) mass is 483 g/mol. The van der Waals surface area contributed by atoms with Crippen molar-refractivity contribution in [1.29, 1.82) is 0 Å². The number of hydrogen-bond donors (Lipinski definition) is 2. The standard InChI is InChI=1S/C25H30FN5O4/c1-30(25(32)19-10-11-22(27-12-14-35-2)24(16-19)31(33)34)13-5-3-4-9-21-17-23(29-28-21)18-7-6-8-20(26)15-18/h6-8,10-11,15-17,27H,3-5,9,12-14H2,1-2H3,(H,28,29). The Balaban J connectivity index is 1.46. The Hall–Kier alpha value is -3.79. The van der Waals surface area contributed by atoms with Crippen LogP contribution in [0.1, 0.15) is 35.3 Å². The molecule has 0 spiro atoms. The summed E-state index contributed by atoms with van der Waals surface area (Å²) in [6, 6.07) is 12.7. The van der Waals surface area contributed by atoms with Crippen LogP contribution in [0.5, 0.6) is 0 Å². The second-order valence-corrected chi connectivity index (χ2v) is 8.23. The molecule has 1 amide bonds. The van der Waals surface area contributed by atoms with Gasteiger partial charge in [-0.2, -0.15) is 5.10 Å². The van der Waals surface area contributed by atoms with Crippen molar-refractivity contribution >= 4 is 17.3 Å². The fourth-order valence-electron chi connectivity index (χ4n) is 3.70. The second kappa shape index (κ2) is 12.6. The highest BCUT2D eigenvalue weighted by molar-refractivity contribution is 5.95. The van der Waals surface area contributed by atoms with E-state index in [2.05, 4.69) is 15.5 Å². The Labute approximate surface area is 203 Å². The number of anilines is 1. The van der Waals surface area contributed by atoms with E-state index in [4.69, 9.17) is 4.74 Å². The lowest BCUT2D eigenvalue weighted by Crippen LogP contribution is -2.27. The van der Waals surface area contributed by atoms with Crippen LogP contribution in [0.3, 0.4) is 0 Å². The summed E-state index contributed by atoms with van der Waals surface area (Å²) in [5.74, 6) is -0.556. The number of halogens is 1. The topological polar surface area (TPSA) is 113 Å². The number of nitro groups is 1. The number of benzene rings is 2. The number of hydrogen-bond acceptors (Lipinski definition) is 6. The number of unbranched alkanes of at least 4 members (excludes halogenated alkanes) is 2. The summed E-state index contributed by atoms with van der Waals surface area (Å²) in [6.07, 6.45) is 3.39. The number of H-pyrrole nitrogens is 1. The third-order valence-electron chi connectivity index (χ3n) is 5.60. The summed E-state index contributed by atoms with van der Waals surface area (Å²) in [5.41, 5.74) is 2.90. The van der Waals surface area contributed by atoms with Gasteiger partial charge in [0.2, 0.25) is 0 Å². The Bertz CT molecular complexity index is 1150. The molecule has 0 aliphatic heterocycles. The first-order chi connectivity index (χ1) is 16.9. The fourth-order valence-corrected chi connectivity index (χ4v) is 3.70. The van der Waals surface area contributed by atoms with Crippen LogP contribution in [0.4, 0.5) is 15.8 Å². The first-order valence-electron chi connectivity index (χ1n) is 11.5. The van der Waals surface area contributed by atoms with Crippen molar-refractivity contribution in [2.75, 3.05) is 39.2 Å². The maximum atomic E-state index is 13.4. The molecule has 0 saturated heterocycles. The molecule has 0 radical (unpaired) electrons. The Morgan fingerprint density at radius 1 is 1.20 bits per heavy atom. The largest absolute Gasteiger partial charge is 0.383 e. The lowest BCUT2D eigenvalue weighted by Gasteiger charge is -2.17. The van der Waals surface area contributed by atoms with E-state index < -0.39 is 4.92 Å². The van der Waals surface area contributed by atoms with E-state index in [1.165, 1.54) is 18.2 Å². The Morgan fingerprint density at radius 2 is 2.03 bits per heavy atom. The number of nitro benzene ring substituents is 1. The average Bonchev–Trinajstić information content (AvgIpc) is 3.32. The number of methoxy groups -OCH3 is 1. The number of nitrogens with one attached hydrogen (secondary N) is 2. The zero-order valence-corrected chi connectivity index (χ0v) is 19.9.